The third-order valence-corrected chi connectivity index (χ3v) is 8.21. The van der Waals surface area contributed by atoms with Crippen LogP contribution >= 0.6 is 0 Å². The lowest BCUT2D eigenvalue weighted by atomic mass is 9.73. The van der Waals surface area contributed by atoms with Gasteiger partial charge >= 0.3 is 0 Å². The zero-order valence-electron chi connectivity index (χ0n) is 23.9. The number of hydrogen-bond acceptors (Lipinski definition) is 0. The van der Waals surface area contributed by atoms with Crippen LogP contribution in [-0.4, -0.2) is 0 Å². The molecule has 0 saturated carbocycles. The van der Waals surface area contributed by atoms with Crippen molar-refractivity contribution >= 4 is 12.2 Å². The van der Waals surface area contributed by atoms with E-state index in [1.165, 1.54) is 77.9 Å². The second-order valence-corrected chi connectivity index (χ2v) is 11.4. The molecule has 0 bridgehead atoms. The maximum absolute atomic E-state index is 2.39. The highest BCUT2D eigenvalue weighted by Crippen LogP contribution is 2.52. The lowest BCUT2D eigenvalue weighted by Crippen LogP contribution is -2.06. The molecule has 38 heavy (non-hydrogen) atoms. The maximum Gasteiger partial charge on any atom is -0.00635 e. The lowest BCUT2D eigenvalue weighted by molar-refractivity contribution is 0.947. The van der Waals surface area contributed by atoms with E-state index in [1.807, 2.05) is 0 Å². The second kappa shape index (κ2) is 11.0. The fourth-order valence-corrected chi connectivity index (χ4v) is 5.68. The van der Waals surface area contributed by atoms with E-state index in [4.69, 9.17) is 0 Å². The second-order valence-electron chi connectivity index (χ2n) is 11.4. The Hall–Kier alpha value is -3.64. The zero-order valence-corrected chi connectivity index (χ0v) is 23.9. The van der Waals surface area contributed by atoms with Gasteiger partial charge in [-0.1, -0.05) is 107 Å². The third kappa shape index (κ3) is 5.46. The first kappa shape index (κ1) is 26.0. The highest BCUT2D eigenvalue weighted by atomic mass is 14.3. The van der Waals surface area contributed by atoms with Crippen molar-refractivity contribution in [1.82, 2.24) is 0 Å². The average Bonchev–Trinajstić information content (AvgIpc) is 2.89. The molecule has 0 amide bonds. The van der Waals surface area contributed by atoms with E-state index in [2.05, 4.69) is 126 Å². The van der Waals surface area contributed by atoms with Crippen molar-refractivity contribution < 1.29 is 0 Å². The number of benzene rings is 4. The van der Waals surface area contributed by atoms with Crippen molar-refractivity contribution in [1.29, 1.82) is 0 Å². The Morgan fingerprint density at radius 1 is 0.500 bits per heavy atom. The molecular formula is C38H40. The summed E-state index contributed by atoms with van der Waals surface area (Å²) in [4.78, 5) is 0. The van der Waals surface area contributed by atoms with Crippen molar-refractivity contribution in [3.05, 3.63) is 128 Å². The predicted octanol–water partition coefficient (Wildman–Crippen LogP) is 10.6. The molecule has 0 fully saturated rings. The number of hydrogen-bond donors (Lipinski definition) is 0. The summed E-state index contributed by atoms with van der Waals surface area (Å²) in [5, 5.41) is 0. The molecule has 5 rings (SSSR count). The minimum absolute atomic E-state index is 1.09. The number of allylic oxidation sites excluding steroid dienone is 2. The van der Waals surface area contributed by atoms with Gasteiger partial charge in [-0.2, -0.15) is 0 Å². The van der Waals surface area contributed by atoms with Crippen LogP contribution in [0.5, 0.6) is 0 Å². The summed E-state index contributed by atoms with van der Waals surface area (Å²) >= 11 is 0. The van der Waals surface area contributed by atoms with Crippen LogP contribution in [-0.2, 0) is 12.8 Å². The number of aryl methyl sites for hydroxylation is 4. The molecule has 0 unspecified atom stereocenters. The molecule has 0 heterocycles. The molecule has 0 nitrogen and oxygen atoms in total. The lowest BCUT2D eigenvalue weighted by Gasteiger charge is -2.30. The number of rotatable bonds is 8. The van der Waals surface area contributed by atoms with Gasteiger partial charge in [0.25, 0.3) is 0 Å². The van der Waals surface area contributed by atoms with Crippen LogP contribution in [0.3, 0.4) is 0 Å². The fourth-order valence-electron chi connectivity index (χ4n) is 5.68. The Morgan fingerprint density at radius 3 is 1.24 bits per heavy atom. The fraction of sp³-hybridized carbons (Fsp3) is 0.263. The van der Waals surface area contributed by atoms with Crippen LogP contribution in [0.25, 0.3) is 34.4 Å². The molecule has 192 valence electrons. The van der Waals surface area contributed by atoms with Gasteiger partial charge in [-0.15, -0.1) is 0 Å². The maximum atomic E-state index is 2.39. The summed E-state index contributed by atoms with van der Waals surface area (Å²) in [6.45, 7) is 13.4. The molecule has 0 N–H and O–H groups in total. The molecule has 4 aromatic rings. The highest BCUT2D eigenvalue weighted by molar-refractivity contribution is 6.06. The Kier molecular flexibility index (Phi) is 7.52. The summed E-state index contributed by atoms with van der Waals surface area (Å²) in [6, 6.07) is 27.2. The van der Waals surface area contributed by atoms with E-state index in [-0.39, 0.29) is 0 Å². The Morgan fingerprint density at radius 2 is 0.868 bits per heavy atom. The molecule has 0 radical (unpaired) electrons. The van der Waals surface area contributed by atoms with Crippen molar-refractivity contribution in [3.63, 3.8) is 0 Å². The first-order valence-electron chi connectivity index (χ1n) is 14.0. The van der Waals surface area contributed by atoms with E-state index >= 15 is 0 Å². The summed E-state index contributed by atoms with van der Waals surface area (Å²) in [7, 11) is 0. The molecule has 0 aliphatic heterocycles. The number of fused-ring (bicyclic) bond motifs is 4. The predicted molar refractivity (Wildman–Crippen MR) is 167 cm³/mol. The van der Waals surface area contributed by atoms with Gasteiger partial charge < -0.3 is 0 Å². The van der Waals surface area contributed by atoms with E-state index in [0.29, 0.717) is 0 Å². The Balaban J connectivity index is 1.30. The van der Waals surface area contributed by atoms with Gasteiger partial charge in [0.15, 0.2) is 0 Å². The standard InChI is InChI=1S/C38H40/c1-25-7-13-31(14-8-25)17-11-27(3)23-33-19-21-35-37(29(33)5)36-22-20-34(30(6)38(35)36)24-28(4)12-18-32-15-9-26(2)10-16-32/h7-10,13-16,19-24H,11-12,17-18H2,1-6H3/b27-23+,28-24+. The largest absolute Gasteiger partial charge is 0.0724 e. The molecule has 0 aromatic heterocycles. The summed E-state index contributed by atoms with van der Waals surface area (Å²) in [5.74, 6) is 0. The van der Waals surface area contributed by atoms with Crippen molar-refractivity contribution in [2.75, 3.05) is 0 Å². The minimum atomic E-state index is 1.09. The van der Waals surface area contributed by atoms with E-state index in [1.54, 1.807) is 0 Å². The summed E-state index contributed by atoms with van der Waals surface area (Å²) in [6.07, 6.45) is 9.15. The van der Waals surface area contributed by atoms with Gasteiger partial charge in [-0.05, 0) is 123 Å². The summed E-state index contributed by atoms with van der Waals surface area (Å²) in [5.41, 5.74) is 19.6. The normalized spacial score (nSPS) is 12.7. The highest BCUT2D eigenvalue weighted by Gasteiger charge is 2.27. The van der Waals surface area contributed by atoms with Gasteiger partial charge in [-0.3, -0.25) is 0 Å². The van der Waals surface area contributed by atoms with Crippen molar-refractivity contribution in [2.45, 2.75) is 67.2 Å². The van der Waals surface area contributed by atoms with Crippen LogP contribution in [0.15, 0.2) is 83.9 Å². The third-order valence-electron chi connectivity index (χ3n) is 8.21. The molecule has 1 aliphatic rings. The van der Waals surface area contributed by atoms with Crippen molar-refractivity contribution in [3.8, 4) is 22.3 Å². The Labute approximate surface area is 229 Å². The van der Waals surface area contributed by atoms with Gasteiger partial charge in [0.05, 0.1) is 0 Å². The molecular weight excluding hydrogens is 456 g/mol. The molecule has 0 heteroatoms. The van der Waals surface area contributed by atoms with Crippen LogP contribution < -0.4 is 0 Å². The molecule has 0 saturated heterocycles. The quantitative estimate of drug-likeness (QED) is 0.200. The van der Waals surface area contributed by atoms with Crippen molar-refractivity contribution in [2.24, 2.45) is 0 Å². The zero-order chi connectivity index (χ0) is 26.8. The monoisotopic (exact) mass is 496 g/mol. The average molecular weight is 497 g/mol. The van der Waals surface area contributed by atoms with Crippen LogP contribution in [0.2, 0.25) is 0 Å². The topological polar surface area (TPSA) is 0 Å². The molecule has 0 atom stereocenters. The van der Waals surface area contributed by atoms with E-state index in [0.717, 1.165) is 25.7 Å². The van der Waals surface area contributed by atoms with Gasteiger partial charge in [0.1, 0.15) is 0 Å². The smallest absolute Gasteiger partial charge is 0.00635 e. The van der Waals surface area contributed by atoms with Crippen LogP contribution in [0.4, 0.5) is 0 Å². The molecule has 4 aromatic carbocycles. The molecule has 0 spiro atoms. The molecule has 1 aliphatic carbocycles. The Bertz CT molecular complexity index is 1390. The van der Waals surface area contributed by atoms with Crippen LogP contribution in [0.1, 0.15) is 71.2 Å². The van der Waals surface area contributed by atoms with Crippen LogP contribution in [0, 0.1) is 27.7 Å². The minimum Gasteiger partial charge on any atom is -0.0724 e. The van der Waals surface area contributed by atoms with E-state index in [9.17, 15) is 0 Å². The summed E-state index contributed by atoms with van der Waals surface area (Å²) < 4.78 is 0. The van der Waals surface area contributed by atoms with Gasteiger partial charge in [0, 0.05) is 0 Å². The first-order chi connectivity index (χ1) is 18.3. The SMILES string of the molecule is C/C(=C\c1ccc2c(c1C)-c1ccc(/C=C(\C)CCc3ccc(C)cc3)c(C)c1-2)CCc1ccc(C)cc1. The van der Waals surface area contributed by atoms with E-state index < -0.39 is 0 Å². The first-order valence-corrected chi connectivity index (χ1v) is 14.0. The van der Waals surface area contributed by atoms with Gasteiger partial charge in [0.2, 0.25) is 0 Å². The van der Waals surface area contributed by atoms with Gasteiger partial charge in [-0.25, -0.2) is 0 Å².